The van der Waals surface area contributed by atoms with Crippen molar-refractivity contribution in [3.8, 4) is 11.3 Å². The molecule has 1 aliphatic heterocycles. The van der Waals surface area contributed by atoms with Gasteiger partial charge in [-0.3, -0.25) is 9.59 Å². The van der Waals surface area contributed by atoms with E-state index in [1.165, 1.54) is 6.33 Å². The Hall–Kier alpha value is -3.20. The van der Waals surface area contributed by atoms with Crippen LogP contribution in [0.15, 0.2) is 41.6 Å². The van der Waals surface area contributed by atoms with Crippen molar-refractivity contribution in [2.75, 3.05) is 44.4 Å². The van der Waals surface area contributed by atoms with Crippen molar-refractivity contribution in [2.45, 2.75) is 6.04 Å². The van der Waals surface area contributed by atoms with E-state index in [-0.39, 0.29) is 17.5 Å². The molecule has 4 N–H and O–H groups in total. The molecule has 0 atom stereocenters. The third-order valence-electron chi connectivity index (χ3n) is 4.26. The van der Waals surface area contributed by atoms with Gasteiger partial charge in [0.2, 0.25) is 5.91 Å². The highest BCUT2D eigenvalue weighted by atomic mass is 16.2. The Kier molecular flexibility index (Phi) is 5.82. The number of amides is 1. The molecule has 1 fully saturated rings. The molecule has 9 heteroatoms. The number of aromatic amines is 1. The Morgan fingerprint density at radius 2 is 2.15 bits per heavy atom. The predicted molar refractivity (Wildman–Crippen MR) is 105 cm³/mol. The van der Waals surface area contributed by atoms with Crippen LogP contribution in [0.2, 0.25) is 0 Å². The molecule has 1 aliphatic rings. The summed E-state index contributed by atoms with van der Waals surface area (Å²) in [5.41, 5.74) is 1.73. The van der Waals surface area contributed by atoms with Crippen molar-refractivity contribution < 1.29 is 4.79 Å². The lowest BCUT2D eigenvalue weighted by molar-refractivity contribution is -0.129. The van der Waals surface area contributed by atoms with E-state index in [0.717, 1.165) is 5.56 Å². The van der Waals surface area contributed by atoms with Gasteiger partial charge in [0.15, 0.2) is 0 Å². The number of aromatic nitrogens is 3. The molecule has 0 radical (unpaired) electrons. The summed E-state index contributed by atoms with van der Waals surface area (Å²) in [6.45, 7) is 1.77. The number of likely N-dealkylation sites (tertiary alicyclic amines) is 1. The molecule has 3 rings (SSSR count). The third kappa shape index (κ3) is 4.50. The molecule has 27 heavy (non-hydrogen) atoms. The number of carbonyl (C=O) groups is 1. The molecule has 0 spiro atoms. The molecule has 142 valence electrons. The Morgan fingerprint density at radius 1 is 1.33 bits per heavy atom. The number of hydrogen-bond donors (Lipinski definition) is 4. The van der Waals surface area contributed by atoms with Crippen molar-refractivity contribution in [1.82, 2.24) is 25.2 Å². The maximum absolute atomic E-state index is 12.1. The second-order valence-corrected chi connectivity index (χ2v) is 6.21. The molecule has 2 aromatic rings. The van der Waals surface area contributed by atoms with E-state index < -0.39 is 0 Å². The topological polar surface area (TPSA) is 115 Å². The van der Waals surface area contributed by atoms with Crippen molar-refractivity contribution >= 4 is 17.4 Å². The maximum Gasteiger partial charge on any atom is 0.271 e. The lowest BCUT2D eigenvalue weighted by Crippen LogP contribution is -2.57. The summed E-state index contributed by atoms with van der Waals surface area (Å²) in [5, 5.41) is 9.12. The zero-order valence-corrected chi connectivity index (χ0v) is 15.3. The fourth-order valence-corrected chi connectivity index (χ4v) is 2.74. The Balaban J connectivity index is 1.65. The van der Waals surface area contributed by atoms with Crippen LogP contribution < -0.4 is 21.5 Å². The molecule has 1 amide bonds. The molecule has 1 saturated heterocycles. The molecule has 0 aromatic carbocycles. The Morgan fingerprint density at radius 3 is 2.89 bits per heavy atom. The first kappa shape index (κ1) is 18.6. The monoisotopic (exact) mass is 369 g/mol. The van der Waals surface area contributed by atoms with Crippen LogP contribution in [0.1, 0.15) is 0 Å². The number of likely N-dealkylation sites (N-methyl/N-ethyl adjacent to an activating group) is 1. The second-order valence-electron chi connectivity index (χ2n) is 6.21. The van der Waals surface area contributed by atoms with Crippen LogP contribution in [0.25, 0.3) is 11.3 Å². The van der Waals surface area contributed by atoms with Gasteiger partial charge in [-0.15, -0.1) is 0 Å². The summed E-state index contributed by atoms with van der Waals surface area (Å²) in [5.74, 6) is 0.673. The van der Waals surface area contributed by atoms with Crippen LogP contribution in [0, 0.1) is 0 Å². The van der Waals surface area contributed by atoms with Gasteiger partial charge in [0.05, 0.1) is 11.7 Å². The minimum Gasteiger partial charge on any atom is -0.374 e. The number of anilines is 2. The summed E-state index contributed by atoms with van der Waals surface area (Å²) in [6.07, 6.45) is 6.45. The van der Waals surface area contributed by atoms with E-state index in [1.807, 2.05) is 7.05 Å². The summed E-state index contributed by atoms with van der Waals surface area (Å²) in [6, 6.07) is 3.61. The first-order valence-corrected chi connectivity index (χ1v) is 8.70. The highest BCUT2D eigenvalue weighted by Gasteiger charge is 2.29. The van der Waals surface area contributed by atoms with Crippen LogP contribution in [0.5, 0.6) is 0 Å². The normalized spacial score (nSPS) is 14.2. The third-order valence-corrected chi connectivity index (χ3v) is 4.26. The first-order valence-electron chi connectivity index (χ1n) is 8.70. The number of nitrogens with one attached hydrogen (secondary N) is 4. The molecular formula is C18H23N7O2. The van der Waals surface area contributed by atoms with E-state index in [1.54, 1.807) is 42.4 Å². The van der Waals surface area contributed by atoms with Gasteiger partial charge in [-0.2, -0.15) is 0 Å². The fourth-order valence-electron chi connectivity index (χ4n) is 2.74. The van der Waals surface area contributed by atoms with Crippen LogP contribution in [-0.2, 0) is 4.79 Å². The summed E-state index contributed by atoms with van der Waals surface area (Å²) in [7, 11) is 3.61. The highest BCUT2D eigenvalue weighted by Crippen LogP contribution is 2.20. The quantitative estimate of drug-likeness (QED) is 0.518. The molecule has 0 unspecified atom stereocenters. The number of nitrogens with zero attached hydrogens (tertiary/aromatic N) is 3. The fraction of sp³-hybridized carbons (Fsp3) is 0.333. The zero-order chi connectivity index (χ0) is 19.2. The average Bonchev–Trinajstić information content (AvgIpc) is 2.65. The summed E-state index contributed by atoms with van der Waals surface area (Å²) >= 11 is 0. The van der Waals surface area contributed by atoms with Gasteiger partial charge in [-0.05, 0) is 13.1 Å². The number of hydrogen-bond acceptors (Lipinski definition) is 7. The van der Waals surface area contributed by atoms with Gasteiger partial charge in [0, 0.05) is 50.6 Å². The van der Waals surface area contributed by atoms with Gasteiger partial charge >= 0.3 is 0 Å². The Labute approximate surface area is 156 Å². The van der Waals surface area contributed by atoms with Crippen molar-refractivity contribution in [3.63, 3.8) is 0 Å². The van der Waals surface area contributed by atoms with E-state index in [0.29, 0.717) is 36.8 Å². The molecule has 3 heterocycles. The van der Waals surface area contributed by atoms with Crippen molar-refractivity contribution in [3.05, 3.63) is 47.2 Å². The minimum atomic E-state index is -0.208. The van der Waals surface area contributed by atoms with E-state index in [4.69, 9.17) is 0 Å². The average molecular weight is 369 g/mol. The van der Waals surface area contributed by atoms with Crippen LogP contribution in [0.4, 0.5) is 11.5 Å². The minimum absolute atomic E-state index is 0.0217. The molecule has 0 bridgehead atoms. The second kappa shape index (κ2) is 8.45. The van der Waals surface area contributed by atoms with Crippen molar-refractivity contribution in [2.24, 2.45) is 0 Å². The largest absolute Gasteiger partial charge is 0.374 e. The smallest absolute Gasteiger partial charge is 0.271 e. The van der Waals surface area contributed by atoms with Gasteiger partial charge in [-0.1, -0.05) is 6.08 Å². The highest BCUT2D eigenvalue weighted by molar-refractivity contribution is 5.88. The van der Waals surface area contributed by atoms with Crippen LogP contribution >= 0.6 is 0 Å². The first-order chi connectivity index (χ1) is 13.1. The lowest BCUT2D eigenvalue weighted by atomic mass is 10.1. The van der Waals surface area contributed by atoms with Gasteiger partial charge < -0.3 is 25.8 Å². The lowest BCUT2D eigenvalue weighted by Gasteiger charge is -2.39. The van der Waals surface area contributed by atoms with Gasteiger partial charge in [0.25, 0.3) is 5.56 Å². The zero-order valence-electron chi connectivity index (χ0n) is 15.3. The summed E-state index contributed by atoms with van der Waals surface area (Å²) in [4.78, 5) is 36.9. The number of H-pyrrole nitrogens is 1. The number of rotatable bonds is 7. The van der Waals surface area contributed by atoms with Gasteiger partial charge in [-0.25, -0.2) is 9.97 Å². The molecule has 0 aliphatic carbocycles. The Bertz CT molecular complexity index is 887. The number of pyridine rings is 1. The SMILES string of the molecule is CNCC=CC(=O)N1CC(Nc2cc(-c3cc(NC)ncn3)c[nH]c2=O)C1. The van der Waals surface area contributed by atoms with Crippen LogP contribution in [-0.4, -0.2) is 65.5 Å². The van der Waals surface area contributed by atoms with E-state index in [2.05, 4.69) is 30.9 Å². The standard InChI is InChI=1S/C18H23N7O2/c1-19-5-3-4-17(26)25-9-13(10-25)24-15-6-12(8-21-18(15)27)14-7-16(20-2)23-11-22-14/h3-4,6-8,11,13,19,24H,5,9-10H2,1-2H3,(H,21,27)(H,20,22,23). The van der Waals surface area contributed by atoms with E-state index in [9.17, 15) is 9.59 Å². The predicted octanol–water partition coefficient (Wildman–Crippen LogP) is 0.272. The number of carbonyl (C=O) groups excluding carboxylic acids is 1. The maximum atomic E-state index is 12.1. The molecule has 9 nitrogen and oxygen atoms in total. The summed E-state index contributed by atoms with van der Waals surface area (Å²) < 4.78 is 0. The molecular weight excluding hydrogens is 346 g/mol. The molecule has 2 aromatic heterocycles. The molecule has 0 saturated carbocycles. The van der Waals surface area contributed by atoms with E-state index >= 15 is 0 Å². The van der Waals surface area contributed by atoms with Crippen LogP contribution in [0.3, 0.4) is 0 Å². The van der Waals surface area contributed by atoms with Gasteiger partial charge in [0.1, 0.15) is 17.8 Å². The van der Waals surface area contributed by atoms with Crippen molar-refractivity contribution in [1.29, 1.82) is 0 Å².